The van der Waals surface area contributed by atoms with Gasteiger partial charge >= 0.3 is 0 Å². The minimum atomic E-state index is 0.317. The first kappa shape index (κ1) is 14.8. The minimum absolute atomic E-state index is 0.317. The lowest BCUT2D eigenvalue weighted by atomic mass is 10.2. The Bertz CT molecular complexity index is 392. The minimum Gasteiger partial charge on any atom is -0.493 e. The number of rotatable bonds is 6. The third-order valence-corrected chi connectivity index (χ3v) is 3.68. The van der Waals surface area contributed by atoms with Gasteiger partial charge in [-0.15, -0.1) is 11.6 Å². The third kappa shape index (κ3) is 3.91. The van der Waals surface area contributed by atoms with Crippen LogP contribution in [0.2, 0.25) is 5.02 Å². The van der Waals surface area contributed by atoms with E-state index in [-0.39, 0.29) is 0 Å². The lowest BCUT2D eigenvalue weighted by Crippen LogP contribution is -2.11. The fourth-order valence-corrected chi connectivity index (χ4v) is 2.63. The van der Waals surface area contributed by atoms with Gasteiger partial charge in [0.15, 0.2) is 11.5 Å². The first-order chi connectivity index (χ1) is 9.24. The average molecular weight is 305 g/mol. The van der Waals surface area contributed by atoms with Gasteiger partial charge in [-0.3, -0.25) is 0 Å². The van der Waals surface area contributed by atoms with E-state index in [0.29, 0.717) is 35.1 Å². The molecule has 0 amide bonds. The van der Waals surface area contributed by atoms with Crippen molar-refractivity contribution >= 4 is 23.2 Å². The second-order valence-corrected chi connectivity index (χ2v) is 5.21. The predicted octanol–water partition coefficient (Wildman–Crippen LogP) is 4.04. The zero-order valence-electron chi connectivity index (χ0n) is 11.0. The van der Waals surface area contributed by atoms with Crippen LogP contribution in [0.25, 0.3) is 0 Å². The Hall–Kier alpha value is -0.640. The maximum absolute atomic E-state index is 6.00. The van der Waals surface area contributed by atoms with E-state index in [2.05, 4.69) is 0 Å². The molecule has 19 heavy (non-hydrogen) atoms. The average Bonchev–Trinajstić information content (AvgIpc) is 2.92. The van der Waals surface area contributed by atoms with Gasteiger partial charge < -0.3 is 14.2 Å². The van der Waals surface area contributed by atoms with E-state index in [1.807, 2.05) is 0 Å². The molecule has 0 saturated carbocycles. The fraction of sp³-hybridized carbons (Fsp3) is 0.571. The number of ether oxygens (including phenoxy) is 3. The highest BCUT2D eigenvalue weighted by Gasteiger charge is 2.17. The maximum atomic E-state index is 6.00. The molecule has 3 nitrogen and oxygen atoms in total. The first-order valence-corrected chi connectivity index (χ1v) is 7.32. The molecule has 1 fully saturated rings. The van der Waals surface area contributed by atoms with Gasteiger partial charge in [0.05, 0.1) is 25.7 Å². The molecule has 0 spiro atoms. The number of benzene rings is 1. The predicted molar refractivity (Wildman–Crippen MR) is 76.6 cm³/mol. The van der Waals surface area contributed by atoms with Crippen LogP contribution in [0.5, 0.6) is 11.5 Å². The number of hydrogen-bond donors (Lipinski definition) is 0. The molecule has 1 atom stereocenters. The molecular weight excluding hydrogens is 287 g/mol. The van der Waals surface area contributed by atoms with E-state index < -0.39 is 0 Å². The van der Waals surface area contributed by atoms with Gasteiger partial charge in [-0.05, 0) is 18.9 Å². The fourth-order valence-electron chi connectivity index (χ4n) is 2.20. The summed E-state index contributed by atoms with van der Waals surface area (Å²) in [7, 11) is 1.59. The molecular formula is C14H18Cl2O3. The van der Waals surface area contributed by atoms with Crippen molar-refractivity contribution in [2.75, 3.05) is 20.3 Å². The van der Waals surface area contributed by atoms with Gasteiger partial charge in [-0.1, -0.05) is 11.6 Å². The van der Waals surface area contributed by atoms with Crippen LogP contribution in [-0.2, 0) is 10.6 Å². The van der Waals surface area contributed by atoms with Gasteiger partial charge in [0.25, 0.3) is 0 Å². The molecule has 1 aromatic carbocycles. The first-order valence-electron chi connectivity index (χ1n) is 6.41. The second kappa shape index (κ2) is 7.22. The Morgan fingerprint density at radius 1 is 1.42 bits per heavy atom. The molecule has 1 aliphatic rings. The van der Waals surface area contributed by atoms with Crippen LogP contribution < -0.4 is 9.47 Å². The van der Waals surface area contributed by atoms with Crippen molar-refractivity contribution in [2.45, 2.75) is 31.2 Å². The summed E-state index contributed by atoms with van der Waals surface area (Å²) < 4.78 is 16.7. The Morgan fingerprint density at radius 2 is 2.26 bits per heavy atom. The van der Waals surface area contributed by atoms with Crippen LogP contribution in [0.15, 0.2) is 12.1 Å². The Morgan fingerprint density at radius 3 is 2.89 bits per heavy atom. The molecule has 1 heterocycles. The van der Waals surface area contributed by atoms with Gasteiger partial charge in [-0.2, -0.15) is 0 Å². The summed E-state index contributed by atoms with van der Waals surface area (Å²) in [6.45, 7) is 1.45. The van der Waals surface area contributed by atoms with Crippen LogP contribution >= 0.6 is 23.2 Å². The van der Waals surface area contributed by atoms with Crippen LogP contribution in [0.4, 0.5) is 0 Å². The monoisotopic (exact) mass is 304 g/mol. The van der Waals surface area contributed by atoms with Crippen LogP contribution in [0, 0.1) is 0 Å². The summed E-state index contributed by atoms with van der Waals surface area (Å²) >= 11 is 11.9. The van der Waals surface area contributed by atoms with E-state index in [1.165, 1.54) is 0 Å². The van der Waals surface area contributed by atoms with Crippen molar-refractivity contribution in [1.29, 1.82) is 0 Å². The lowest BCUT2D eigenvalue weighted by molar-refractivity contribution is 0.0897. The lowest BCUT2D eigenvalue weighted by Gasteiger charge is -2.16. The zero-order valence-corrected chi connectivity index (χ0v) is 12.5. The van der Waals surface area contributed by atoms with Gasteiger partial charge in [-0.25, -0.2) is 0 Å². The molecule has 0 aliphatic carbocycles. The highest BCUT2D eigenvalue weighted by atomic mass is 35.5. The highest BCUT2D eigenvalue weighted by Crippen LogP contribution is 2.35. The van der Waals surface area contributed by atoms with Crippen LogP contribution in [0.1, 0.15) is 24.8 Å². The van der Waals surface area contributed by atoms with Crippen molar-refractivity contribution in [3.8, 4) is 11.5 Å². The van der Waals surface area contributed by atoms with E-state index in [1.54, 1.807) is 19.2 Å². The van der Waals surface area contributed by atoms with Crippen LogP contribution in [0.3, 0.4) is 0 Å². The van der Waals surface area contributed by atoms with Gasteiger partial charge in [0.2, 0.25) is 0 Å². The number of methoxy groups -OCH3 is 1. The van der Waals surface area contributed by atoms with Crippen molar-refractivity contribution in [3.05, 3.63) is 22.7 Å². The summed E-state index contributed by atoms with van der Waals surface area (Å²) in [6.07, 6.45) is 3.46. The summed E-state index contributed by atoms with van der Waals surface area (Å²) in [5.74, 6) is 1.64. The van der Waals surface area contributed by atoms with Crippen molar-refractivity contribution in [2.24, 2.45) is 0 Å². The Labute approximate surface area is 123 Å². The summed E-state index contributed by atoms with van der Waals surface area (Å²) in [5, 5.41) is 0.596. The van der Waals surface area contributed by atoms with Crippen molar-refractivity contribution in [3.63, 3.8) is 0 Å². The highest BCUT2D eigenvalue weighted by molar-refractivity contribution is 6.31. The molecule has 1 saturated heterocycles. The largest absolute Gasteiger partial charge is 0.493 e. The van der Waals surface area contributed by atoms with Gasteiger partial charge in [0.1, 0.15) is 0 Å². The molecule has 0 N–H and O–H groups in total. The molecule has 1 unspecified atom stereocenters. The van der Waals surface area contributed by atoms with Crippen molar-refractivity contribution in [1.82, 2.24) is 0 Å². The summed E-state index contributed by atoms with van der Waals surface area (Å²) in [5.41, 5.74) is 0.846. The smallest absolute Gasteiger partial charge is 0.165 e. The Kier molecular flexibility index (Phi) is 5.61. The Balaban J connectivity index is 2.00. The second-order valence-electron chi connectivity index (χ2n) is 4.50. The summed E-state index contributed by atoms with van der Waals surface area (Å²) in [6, 6.07) is 3.54. The maximum Gasteiger partial charge on any atom is 0.165 e. The van der Waals surface area contributed by atoms with Crippen molar-refractivity contribution < 1.29 is 14.2 Å². The van der Waals surface area contributed by atoms with Gasteiger partial charge in [0, 0.05) is 29.7 Å². The quantitative estimate of drug-likeness (QED) is 0.743. The van der Waals surface area contributed by atoms with E-state index in [9.17, 15) is 0 Å². The number of hydrogen-bond acceptors (Lipinski definition) is 3. The standard InChI is InChI=1S/C14H18Cl2O3/c1-17-13-8-11(16)7-10(9-15)14(13)19-6-4-12-3-2-5-18-12/h7-8,12H,2-6,9H2,1H3. The molecule has 0 bridgehead atoms. The normalized spacial score (nSPS) is 18.6. The third-order valence-electron chi connectivity index (χ3n) is 3.17. The molecule has 106 valence electrons. The molecule has 5 heteroatoms. The van der Waals surface area contributed by atoms with E-state index in [4.69, 9.17) is 37.4 Å². The molecule has 0 aromatic heterocycles. The molecule has 0 radical (unpaired) electrons. The van der Waals surface area contributed by atoms with E-state index in [0.717, 1.165) is 31.4 Å². The van der Waals surface area contributed by atoms with Crippen LogP contribution in [-0.4, -0.2) is 26.4 Å². The summed E-state index contributed by atoms with van der Waals surface area (Å²) in [4.78, 5) is 0. The van der Waals surface area contributed by atoms with E-state index >= 15 is 0 Å². The SMILES string of the molecule is COc1cc(Cl)cc(CCl)c1OCCC1CCCO1. The topological polar surface area (TPSA) is 27.7 Å². The number of alkyl halides is 1. The number of halogens is 2. The molecule has 1 aromatic rings. The molecule has 1 aliphatic heterocycles. The zero-order chi connectivity index (χ0) is 13.7. The molecule has 2 rings (SSSR count).